The Morgan fingerprint density at radius 1 is 1.16 bits per heavy atom. The van der Waals surface area contributed by atoms with E-state index in [-0.39, 0.29) is 0 Å². The Morgan fingerprint density at radius 3 is 2.53 bits per heavy atom. The molecule has 2 aliphatic heterocycles. The monoisotopic (exact) mass is 259 g/mol. The van der Waals surface area contributed by atoms with Gasteiger partial charge in [0, 0.05) is 44.8 Å². The molecule has 0 spiro atoms. The number of fused-ring (bicyclic) bond motifs is 1. The van der Waals surface area contributed by atoms with Crippen molar-refractivity contribution in [3.8, 4) is 12.3 Å². The second kappa shape index (κ2) is 6.50. The van der Waals surface area contributed by atoms with Gasteiger partial charge in [0.1, 0.15) is 11.6 Å². The van der Waals surface area contributed by atoms with E-state index in [4.69, 9.17) is 0 Å². The summed E-state index contributed by atoms with van der Waals surface area (Å²) in [7, 11) is 0. The van der Waals surface area contributed by atoms with Crippen LogP contribution in [0.2, 0.25) is 0 Å². The van der Waals surface area contributed by atoms with Crippen molar-refractivity contribution in [2.75, 3.05) is 31.1 Å². The molecule has 0 saturated carbocycles. The third kappa shape index (κ3) is 3.22. The van der Waals surface area contributed by atoms with Crippen LogP contribution in [0.1, 0.15) is 24.0 Å². The minimum atomic E-state index is 0.885. The number of piperazine rings is 1. The zero-order valence-corrected chi connectivity index (χ0v) is 11.7. The highest BCUT2D eigenvalue weighted by Gasteiger charge is 2.22. The van der Waals surface area contributed by atoms with Crippen molar-refractivity contribution in [2.24, 2.45) is 0 Å². The quantitative estimate of drug-likeness (QED) is 0.717. The maximum Gasteiger partial charge on any atom is 0.137 e. The molecule has 5 heteroatoms. The molecule has 1 aromatic heterocycles. The summed E-state index contributed by atoms with van der Waals surface area (Å²) in [5.74, 6) is 4.28. The number of hydrogen-bond acceptors (Lipinski definition) is 5. The van der Waals surface area contributed by atoms with E-state index < -0.39 is 0 Å². The van der Waals surface area contributed by atoms with Gasteiger partial charge in [-0.25, -0.2) is 9.97 Å². The average Bonchev–Trinajstić information content (AvgIpc) is 2.87. The van der Waals surface area contributed by atoms with Crippen LogP contribution < -0.4 is 15.5 Å². The lowest BCUT2D eigenvalue weighted by atomic mass is 10.2. The fourth-order valence-electron chi connectivity index (χ4n) is 2.41. The van der Waals surface area contributed by atoms with E-state index in [1.807, 2.05) is 6.92 Å². The van der Waals surface area contributed by atoms with Gasteiger partial charge in [0.15, 0.2) is 0 Å². The molecule has 5 nitrogen and oxygen atoms in total. The number of nitrogens with one attached hydrogen (secondary N) is 2. The first kappa shape index (κ1) is 13.8. The lowest BCUT2D eigenvalue weighted by molar-refractivity contribution is 0.582. The van der Waals surface area contributed by atoms with Crippen molar-refractivity contribution >= 4 is 5.82 Å². The van der Waals surface area contributed by atoms with Gasteiger partial charge in [-0.3, -0.25) is 0 Å². The van der Waals surface area contributed by atoms with E-state index in [0.717, 1.165) is 50.9 Å². The molecule has 0 aliphatic carbocycles. The fourth-order valence-corrected chi connectivity index (χ4v) is 2.41. The third-order valence-electron chi connectivity index (χ3n) is 3.19. The number of hydrogen-bond donors (Lipinski definition) is 2. The van der Waals surface area contributed by atoms with Gasteiger partial charge in [0.05, 0.1) is 5.69 Å². The molecule has 1 fully saturated rings. The number of aryl methyl sites for hydroxylation is 1. The van der Waals surface area contributed by atoms with Gasteiger partial charge in [-0.05, 0) is 13.8 Å². The van der Waals surface area contributed by atoms with Gasteiger partial charge < -0.3 is 15.5 Å². The summed E-state index contributed by atoms with van der Waals surface area (Å²) in [5.41, 5.74) is 2.48. The van der Waals surface area contributed by atoms with Gasteiger partial charge in [-0.1, -0.05) is 0 Å². The van der Waals surface area contributed by atoms with Crippen LogP contribution in [-0.2, 0) is 13.1 Å². The lowest BCUT2D eigenvalue weighted by Crippen LogP contribution is -2.44. The number of anilines is 1. The predicted octanol–water partition coefficient (Wildman–Crippen LogP) is 0.437. The molecule has 0 amide bonds. The Balaban J connectivity index is 0.000000408. The largest absolute Gasteiger partial charge is 0.354 e. The Kier molecular flexibility index (Phi) is 4.72. The van der Waals surface area contributed by atoms with Gasteiger partial charge in [-0.15, -0.1) is 12.3 Å². The summed E-state index contributed by atoms with van der Waals surface area (Å²) in [6.07, 6.45) is 4.60. The summed E-state index contributed by atoms with van der Waals surface area (Å²) >= 11 is 0. The first-order valence-electron chi connectivity index (χ1n) is 6.66. The highest BCUT2D eigenvalue weighted by Crippen LogP contribution is 2.24. The molecule has 0 aromatic carbocycles. The second-order valence-electron chi connectivity index (χ2n) is 4.65. The summed E-state index contributed by atoms with van der Waals surface area (Å²) in [5, 5.41) is 6.72. The maximum absolute atomic E-state index is 4.62. The zero-order valence-electron chi connectivity index (χ0n) is 11.7. The number of aromatic nitrogens is 2. The van der Waals surface area contributed by atoms with Gasteiger partial charge in [0.2, 0.25) is 0 Å². The Hall–Kier alpha value is -1.64. The molecule has 3 heterocycles. The van der Waals surface area contributed by atoms with E-state index in [2.05, 4.69) is 37.8 Å². The van der Waals surface area contributed by atoms with E-state index in [1.165, 1.54) is 11.3 Å². The van der Waals surface area contributed by atoms with Crippen LogP contribution in [-0.4, -0.2) is 36.1 Å². The van der Waals surface area contributed by atoms with Crippen molar-refractivity contribution in [1.29, 1.82) is 0 Å². The first-order valence-corrected chi connectivity index (χ1v) is 6.66. The molecule has 2 N–H and O–H groups in total. The molecule has 0 bridgehead atoms. The summed E-state index contributed by atoms with van der Waals surface area (Å²) in [4.78, 5) is 11.5. The molecule has 1 saturated heterocycles. The number of rotatable bonds is 1. The highest BCUT2D eigenvalue weighted by atomic mass is 15.2. The number of nitrogens with zero attached hydrogens (tertiary/aromatic N) is 3. The Labute approximate surface area is 114 Å². The van der Waals surface area contributed by atoms with Crippen LogP contribution in [0.4, 0.5) is 5.82 Å². The molecule has 2 aliphatic rings. The van der Waals surface area contributed by atoms with Gasteiger partial charge in [0.25, 0.3) is 0 Å². The average molecular weight is 259 g/mol. The lowest BCUT2D eigenvalue weighted by Gasteiger charge is -2.29. The van der Waals surface area contributed by atoms with Crippen LogP contribution in [0.3, 0.4) is 0 Å². The van der Waals surface area contributed by atoms with Crippen molar-refractivity contribution in [2.45, 2.75) is 26.9 Å². The zero-order chi connectivity index (χ0) is 13.7. The van der Waals surface area contributed by atoms with E-state index >= 15 is 0 Å². The standard InChI is InChI=1S/C11H17N5.C3H4/c1-8-14-10-7-13-6-9(10)11(15-8)16-4-2-12-3-5-16;1-3-2/h12-13H,2-7H2,1H3;1H,2H3. The predicted molar refractivity (Wildman–Crippen MR) is 76.9 cm³/mol. The summed E-state index contributed by atoms with van der Waals surface area (Å²) in [6, 6.07) is 0. The Morgan fingerprint density at radius 2 is 1.84 bits per heavy atom. The Bertz CT molecular complexity index is 471. The molecule has 102 valence electrons. The van der Waals surface area contributed by atoms with Crippen LogP contribution in [0.25, 0.3) is 0 Å². The normalized spacial score (nSPS) is 17.2. The minimum absolute atomic E-state index is 0.885. The summed E-state index contributed by atoms with van der Waals surface area (Å²) in [6.45, 7) is 9.61. The molecule has 1 aromatic rings. The third-order valence-corrected chi connectivity index (χ3v) is 3.19. The summed E-state index contributed by atoms with van der Waals surface area (Å²) < 4.78 is 0. The molecule has 0 unspecified atom stereocenters. The fraction of sp³-hybridized carbons (Fsp3) is 0.571. The number of terminal acetylenes is 1. The minimum Gasteiger partial charge on any atom is -0.354 e. The first-order chi connectivity index (χ1) is 9.26. The van der Waals surface area contributed by atoms with Gasteiger partial charge >= 0.3 is 0 Å². The van der Waals surface area contributed by atoms with E-state index in [0.29, 0.717) is 0 Å². The van der Waals surface area contributed by atoms with Crippen molar-refractivity contribution in [3.63, 3.8) is 0 Å². The van der Waals surface area contributed by atoms with E-state index in [9.17, 15) is 0 Å². The SMILES string of the molecule is C#CC.Cc1nc2c(c(N3CCNCC3)n1)CNC2. The molecular weight excluding hydrogens is 238 g/mol. The smallest absolute Gasteiger partial charge is 0.137 e. The van der Waals surface area contributed by atoms with Crippen LogP contribution in [0.15, 0.2) is 0 Å². The molecule has 0 atom stereocenters. The van der Waals surface area contributed by atoms with Crippen molar-refractivity contribution in [1.82, 2.24) is 20.6 Å². The molecule has 3 rings (SSSR count). The molecule has 19 heavy (non-hydrogen) atoms. The maximum atomic E-state index is 4.62. The van der Waals surface area contributed by atoms with Crippen LogP contribution >= 0.6 is 0 Å². The van der Waals surface area contributed by atoms with Crippen molar-refractivity contribution in [3.05, 3.63) is 17.1 Å². The van der Waals surface area contributed by atoms with Crippen LogP contribution in [0.5, 0.6) is 0 Å². The van der Waals surface area contributed by atoms with Crippen molar-refractivity contribution < 1.29 is 0 Å². The van der Waals surface area contributed by atoms with Crippen LogP contribution in [0, 0.1) is 19.3 Å². The van der Waals surface area contributed by atoms with E-state index in [1.54, 1.807) is 6.92 Å². The molecular formula is C14H21N5. The molecule has 0 radical (unpaired) electrons. The highest BCUT2D eigenvalue weighted by molar-refractivity contribution is 5.51. The van der Waals surface area contributed by atoms with Gasteiger partial charge in [-0.2, -0.15) is 0 Å². The second-order valence-corrected chi connectivity index (χ2v) is 4.65. The topological polar surface area (TPSA) is 53.1 Å².